The molecule has 0 aromatic heterocycles. The summed E-state index contributed by atoms with van der Waals surface area (Å²) in [4.78, 5) is 12.6. The summed E-state index contributed by atoms with van der Waals surface area (Å²) in [6.07, 6.45) is 3.75. The molecule has 0 radical (unpaired) electrons. The first-order chi connectivity index (χ1) is 9.58. The lowest BCUT2D eigenvalue weighted by atomic mass is 9.78. The van der Waals surface area contributed by atoms with Gasteiger partial charge in [-0.3, -0.25) is 4.79 Å². The molecule has 1 aromatic carbocycles. The van der Waals surface area contributed by atoms with Crippen LogP contribution >= 0.6 is 0 Å². The summed E-state index contributed by atoms with van der Waals surface area (Å²) in [7, 11) is 0. The van der Waals surface area contributed by atoms with Crippen LogP contribution in [-0.2, 0) is 10.2 Å². The van der Waals surface area contributed by atoms with Crippen molar-refractivity contribution in [1.82, 2.24) is 5.32 Å². The smallest absolute Gasteiger partial charge is 0.230 e. The van der Waals surface area contributed by atoms with E-state index in [1.165, 1.54) is 12.1 Å². The Morgan fingerprint density at radius 2 is 1.95 bits per heavy atom. The van der Waals surface area contributed by atoms with Crippen molar-refractivity contribution >= 4 is 5.91 Å². The zero-order chi connectivity index (χ0) is 14.6. The number of hydrogen-bond donors (Lipinski definition) is 2. The second-order valence-corrected chi connectivity index (χ2v) is 5.85. The summed E-state index contributed by atoms with van der Waals surface area (Å²) in [6.45, 7) is 3.17. The van der Waals surface area contributed by atoms with E-state index in [1.54, 1.807) is 12.1 Å². The fourth-order valence-corrected chi connectivity index (χ4v) is 2.91. The SMILES string of the molecule is CC(CN)CNC(=O)C1(c2ccc(F)cc2)CCCC1. The number of nitrogens with one attached hydrogen (secondary N) is 1. The van der Waals surface area contributed by atoms with Crippen LogP contribution in [0.3, 0.4) is 0 Å². The van der Waals surface area contributed by atoms with Gasteiger partial charge in [-0.1, -0.05) is 31.9 Å². The van der Waals surface area contributed by atoms with Crippen molar-refractivity contribution in [3.05, 3.63) is 35.6 Å². The van der Waals surface area contributed by atoms with Crippen LogP contribution in [0.5, 0.6) is 0 Å². The summed E-state index contributed by atoms with van der Waals surface area (Å²) in [5, 5.41) is 3.02. The van der Waals surface area contributed by atoms with Gasteiger partial charge in [-0.15, -0.1) is 0 Å². The summed E-state index contributed by atoms with van der Waals surface area (Å²) < 4.78 is 13.1. The van der Waals surface area contributed by atoms with Crippen LogP contribution in [0.15, 0.2) is 24.3 Å². The number of rotatable bonds is 5. The lowest BCUT2D eigenvalue weighted by Crippen LogP contribution is -2.44. The van der Waals surface area contributed by atoms with Gasteiger partial charge in [0, 0.05) is 6.54 Å². The highest BCUT2D eigenvalue weighted by molar-refractivity contribution is 5.88. The minimum absolute atomic E-state index is 0.0573. The first-order valence-electron chi connectivity index (χ1n) is 7.33. The maximum absolute atomic E-state index is 13.1. The van der Waals surface area contributed by atoms with Crippen molar-refractivity contribution in [3.8, 4) is 0 Å². The topological polar surface area (TPSA) is 55.1 Å². The molecule has 1 aliphatic carbocycles. The molecule has 1 unspecified atom stereocenters. The monoisotopic (exact) mass is 278 g/mol. The standard InChI is InChI=1S/C16H23FN2O/c1-12(10-18)11-19-15(20)16(8-2-3-9-16)13-4-6-14(17)7-5-13/h4-7,12H,2-3,8-11,18H2,1H3,(H,19,20). The third-order valence-electron chi connectivity index (χ3n) is 4.30. The van der Waals surface area contributed by atoms with E-state index < -0.39 is 5.41 Å². The Labute approximate surface area is 119 Å². The molecule has 0 bridgehead atoms. The number of hydrogen-bond acceptors (Lipinski definition) is 2. The molecule has 1 fully saturated rings. The van der Waals surface area contributed by atoms with Crippen molar-refractivity contribution in [3.63, 3.8) is 0 Å². The maximum Gasteiger partial charge on any atom is 0.230 e. The largest absolute Gasteiger partial charge is 0.355 e. The maximum atomic E-state index is 13.1. The first-order valence-corrected chi connectivity index (χ1v) is 7.33. The zero-order valence-corrected chi connectivity index (χ0v) is 12.0. The molecule has 1 aromatic rings. The van der Waals surface area contributed by atoms with E-state index in [0.29, 0.717) is 13.1 Å². The zero-order valence-electron chi connectivity index (χ0n) is 12.0. The van der Waals surface area contributed by atoms with Gasteiger partial charge < -0.3 is 11.1 Å². The van der Waals surface area contributed by atoms with Crippen LogP contribution in [0.2, 0.25) is 0 Å². The van der Waals surface area contributed by atoms with Crippen LogP contribution in [0.1, 0.15) is 38.2 Å². The Balaban J connectivity index is 2.17. The van der Waals surface area contributed by atoms with Gasteiger partial charge in [0.1, 0.15) is 5.82 Å². The highest BCUT2D eigenvalue weighted by Gasteiger charge is 2.42. The molecule has 1 atom stereocenters. The predicted molar refractivity (Wildman–Crippen MR) is 77.8 cm³/mol. The Morgan fingerprint density at radius 3 is 2.50 bits per heavy atom. The quantitative estimate of drug-likeness (QED) is 0.868. The number of carbonyl (C=O) groups excluding carboxylic acids is 1. The molecular weight excluding hydrogens is 255 g/mol. The van der Waals surface area contributed by atoms with Crippen molar-refractivity contribution in [2.24, 2.45) is 11.7 Å². The molecule has 20 heavy (non-hydrogen) atoms. The Bertz CT molecular complexity index is 452. The second-order valence-electron chi connectivity index (χ2n) is 5.85. The van der Waals surface area contributed by atoms with E-state index in [2.05, 4.69) is 5.32 Å². The molecule has 1 aliphatic rings. The molecule has 0 heterocycles. The highest BCUT2D eigenvalue weighted by atomic mass is 19.1. The number of carbonyl (C=O) groups is 1. The van der Waals surface area contributed by atoms with Gasteiger partial charge in [0.05, 0.1) is 5.41 Å². The molecule has 3 nitrogen and oxygen atoms in total. The van der Waals surface area contributed by atoms with Crippen molar-refractivity contribution in [2.75, 3.05) is 13.1 Å². The van der Waals surface area contributed by atoms with E-state index in [-0.39, 0.29) is 17.6 Å². The molecule has 1 amide bonds. The van der Waals surface area contributed by atoms with E-state index in [9.17, 15) is 9.18 Å². The summed E-state index contributed by atoms with van der Waals surface area (Å²) in [5.74, 6) is 0.0617. The summed E-state index contributed by atoms with van der Waals surface area (Å²) >= 11 is 0. The fraction of sp³-hybridized carbons (Fsp3) is 0.562. The third-order valence-corrected chi connectivity index (χ3v) is 4.30. The van der Waals surface area contributed by atoms with Gasteiger partial charge in [0.2, 0.25) is 5.91 Å². The summed E-state index contributed by atoms with van der Waals surface area (Å²) in [6, 6.07) is 6.36. The van der Waals surface area contributed by atoms with Crippen molar-refractivity contribution in [2.45, 2.75) is 38.0 Å². The molecule has 4 heteroatoms. The second kappa shape index (κ2) is 6.35. The average molecular weight is 278 g/mol. The average Bonchev–Trinajstić information content (AvgIpc) is 2.95. The van der Waals surface area contributed by atoms with Gasteiger partial charge in [0.15, 0.2) is 0 Å². The molecule has 1 saturated carbocycles. The Morgan fingerprint density at radius 1 is 1.35 bits per heavy atom. The van der Waals surface area contributed by atoms with E-state index in [1.807, 2.05) is 6.92 Å². The molecule has 0 aliphatic heterocycles. The van der Waals surface area contributed by atoms with E-state index in [0.717, 1.165) is 31.2 Å². The molecule has 2 rings (SSSR count). The lowest BCUT2D eigenvalue weighted by Gasteiger charge is -2.29. The number of benzene rings is 1. The predicted octanol–water partition coefficient (Wildman–Crippen LogP) is 2.35. The molecular formula is C16H23FN2O. The van der Waals surface area contributed by atoms with Crippen LogP contribution in [0.4, 0.5) is 4.39 Å². The van der Waals surface area contributed by atoms with Crippen molar-refractivity contribution in [1.29, 1.82) is 0 Å². The van der Waals surface area contributed by atoms with Gasteiger partial charge >= 0.3 is 0 Å². The minimum atomic E-state index is -0.484. The normalized spacial score (nSPS) is 18.8. The Kier molecular flexibility index (Phi) is 4.76. The van der Waals surface area contributed by atoms with Crippen LogP contribution < -0.4 is 11.1 Å². The lowest BCUT2D eigenvalue weighted by molar-refractivity contribution is -0.126. The summed E-state index contributed by atoms with van der Waals surface area (Å²) in [5.41, 5.74) is 6.02. The van der Waals surface area contributed by atoms with E-state index in [4.69, 9.17) is 5.73 Å². The molecule has 0 spiro atoms. The van der Waals surface area contributed by atoms with Gasteiger partial charge in [-0.25, -0.2) is 4.39 Å². The van der Waals surface area contributed by atoms with Gasteiger partial charge in [-0.05, 0) is 43.0 Å². The van der Waals surface area contributed by atoms with Crippen LogP contribution in [-0.4, -0.2) is 19.0 Å². The van der Waals surface area contributed by atoms with E-state index >= 15 is 0 Å². The fourth-order valence-electron chi connectivity index (χ4n) is 2.91. The van der Waals surface area contributed by atoms with Crippen molar-refractivity contribution < 1.29 is 9.18 Å². The number of halogens is 1. The molecule has 110 valence electrons. The van der Waals surface area contributed by atoms with Crippen LogP contribution in [0.25, 0.3) is 0 Å². The number of nitrogens with two attached hydrogens (primary N) is 1. The third kappa shape index (κ3) is 3.01. The van der Waals surface area contributed by atoms with Gasteiger partial charge in [-0.2, -0.15) is 0 Å². The molecule has 3 N–H and O–H groups in total. The highest BCUT2D eigenvalue weighted by Crippen LogP contribution is 2.41. The first kappa shape index (κ1) is 15.0. The van der Waals surface area contributed by atoms with Gasteiger partial charge in [0.25, 0.3) is 0 Å². The minimum Gasteiger partial charge on any atom is -0.355 e. The molecule has 0 saturated heterocycles. The number of amides is 1. The Hall–Kier alpha value is -1.42. The van der Waals surface area contributed by atoms with Crippen LogP contribution in [0, 0.1) is 11.7 Å².